The zero-order valence-corrected chi connectivity index (χ0v) is 23.5. The van der Waals surface area contributed by atoms with Gasteiger partial charge in [0.05, 0.1) is 37.9 Å². The molecule has 5 heteroatoms. The number of fused-ring (bicyclic) bond motifs is 4. The maximum atomic E-state index is 6.15. The molecule has 5 nitrogen and oxygen atoms in total. The number of aromatic nitrogens is 1. The van der Waals surface area contributed by atoms with E-state index in [0.717, 1.165) is 47.8 Å². The van der Waals surface area contributed by atoms with Crippen LogP contribution in [-0.4, -0.2) is 26.9 Å². The van der Waals surface area contributed by atoms with Crippen LogP contribution in [0, 0.1) is 0 Å². The summed E-state index contributed by atoms with van der Waals surface area (Å²) < 4.78 is 26.3. The minimum Gasteiger partial charge on any atom is -0.493 e. The smallest absolute Gasteiger partial charge is 0.216 e. The Balaban J connectivity index is 1.87. The third-order valence-corrected chi connectivity index (χ3v) is 7.28. The molecule has 0 N–H and O–H groups in total. The molecule has 1 aliphatic heterocycles. The van der Waals surface area contributed by atoms with Crippen LogP contribution in [0.3, 0.4) is 0 Å². The number of hydrogen-bond donors (Lipinski definition) is 0. The Bertz CT molecular complexity index is 1200. The Morgan fingerprint density at radius 1 is 0.757 bits per heavy atom. The molecule has 4 rings (SSSR count). The third kappa shape index (κ3) is 5.81. The Hall–Kier alpha value is -2.95. The zero-order valence-electron chi connectivity index (χ0n) is 23.5. The van der Waals surface area contributed by atoms with Crippen molar-refractivity contribution in [2.45, 2.75) is 85.6 Å². The molecule has 0 aliphatic carbocycles. The molecule has 0 unspecified atom stereocenters. The van der Waals surface area contributed by atoms with E-state index in [1.807, 2.05) is 20.8 Å². The molecule has 0 bridgehead atoms. The molecule has 0 saturated heterocycles. The molecule has 1 aromatic heterocycles. The summed E-state index contributed by atoms with van der Waals surface area (Å²) >= 11 is 0. The van der Waals surface area contributed by atoms with E-state index in [0.29, 0.717) is 19.8 Å². The monoisotopic (exact) mass is 506 g/mol. The lowest BCUT2D eigenvalue weighted by molar-refractivity contribution is -0.686. The lowest BCUT2D eigenvalue weighted by atomic mass is 9.89. The molecule has 37 heavy (non-hydrogen) atoms. The highest BCUT2D eigenvalue weighted by atomic mass is 16.5. The first-order chi connectivity index (χ1) is 18.2. The number of pyridine rings is 1. The van der Waals surface area contributed by atoms with Gasteiger partial charge in [-0.05, 0) is 63.4 Å². The van der Waals surface area contributed by atoms with Crippen molar-refractivity contribution in [3.05, 3.63) is 41.6 Å². The number of nitrogens with zero attached hydrogens (tertiary/aromatic N) is 1. The van der Waals surface area contributed by atoms with Crippen LogP contribution >= 0.6 is 0 Å². The number of rotatable bonds is 14. The van der Waals surface area contributed by atoms with Gasteiger partial charge in [0, 0.05) is 17.4 Å². The van der Waals surface area contributed by atoms with Gasteiger partial charge in [-0.25, -0.2) is 0 Å². The van der Waals surface area contributed by atoms with Crippen molar-refractivity contribution in [1.29, 1.82) is 0 Å². The van der Waals surface area contributed by atoms with Crippen LogP contribution in [0.4, 0.5) is 0 Å². The lowest BCUT2D eigenvalue weighted by Gasteiger charge is -2.22. The van der Waals surface area contributed by atoms with E-state index >= 15 is 0 Å². The number of hydrogen-bond acceptors (Lipinski definition) is 4. The van der Waals surface area contributed by atoms with Crippen LogP contribution in [-0.2, 0) is 19.4 Å². The fourth-order valence-electron chi connectivity index (χ4n) is 5.58. The fourth-order valence-corrected chi connectivity index (χ4v) is 5.58. The van der Waals surface area contributed by atoms with Crippen molar-refractivity contribution in [3.63, 3.8) is 0 Å². The molecule has 3 aromatic rings. The molecule has 0 spiro atoms. The Kier molecular flexibility index (Phi) is 9.54. The molecule has 2 heterocycles. The van der Waals surface area contributed by atoms with Crippen molar-refractivity contribution in [2.75, 3.05) is 26.9 Å². The van der Waals surface area contributed by atoms with Gasteiger partial charge in [0.25, 0.3) is 0 Å². The quantitative estimate of drug-likeness (QED) is 0.168. The SMILES string of the molecule is CCCCCCCCc1c2[n+](cc3c(OCC)c(OC)ccc13)CCc1cc(OCC)c(OCC)cc1-2. The molecule has 0 atom stereocenters. The minimum absolute atomic E-state index is 0.602. The van der Waals surface area contributed by atoms with E-state index in [9.17, 15) is 0 Å². The predicted molar refractivity (Wildman–Crippen MR) is 150 cm³/mol. The Labute approximate surface area is 222 Å². The van der Waals surface area contributed by atoms with Gasteiger partial charge in [0.15, 0.2) is 35.7 Å². The number of unbranched alkanes of at least 4 members (excludes halogenated alkanes) is 5. The summed E-state index contributed by atoms with van der Waals surface area (Å²) in [5.74, 6) is 3.30. The summed E-state index contributed by atoms with van der Waals surface area (Å²) in [6, 6.07) is 8.68. The van der Waals surface area contributed by atoms with Crippen molar-refractivity contribution in [1.82, 2.24) is 0 Å². The van der Waals surface area contributed by atoms with Gasteiger partial charge in [-0.15, -0.1) is 0 Å². The molecule has 1 aliphatic rings. The Morgan fingerprint density at radius 3 is 2.16 bits per heavy atom. The van der Waals surface area contributed by atoms with E-state index in [-0.39, 0.29) is 0 Å². The lowest BCUT2D eigenvalue weighted by Crippen LogP contribution is -2.41. The normalized spacial score (nSPS) is 12.2. The molecule has 0 fully saturated rings. The van der Waals surface area contributed by atoms with Crippen molar-refractivity contribution < 1.29 is 23.5 Å². The summed E-state index contributed by atoms with van der Waals surface area (Å²) in [5, 5.41) is 2.38. The zero-order chi connectivity index (χ0) is 26.2. The van der Waals surface area contributed by atoms with E-state index < -0.39 is 0 Å². The van der Waals surface area contributed by atoms with Gasteiger partial charge >= 0.3 is 0 Å². The van der Waals surface area contributed by atoms with Gasteiger partial charge in [-0.1, -0.05) is 39.0 Å². The fraction of sp³-hybridized carbons (Fsp3) is 0.531. The largest absolute Gasteiger partial charge is 0.493 e. The minimum atomic E-state index is 0.602. The van der Waals surface area contributed by atoms with Crippen LogP contribution in [0.1, 0.15) is 77.3 Å². The molecule has 0 saturated carbocycles. The Morgan fingerprint density at radius 2 is 1.46 bits per heavy atom. The number of benzene rings is 2. The summed E-state index contributed by atoms with van der Waals surface area (Å²) in [6.07, 6.45) is 11.9. The standard InChI is InChI=1S/C32H44NO4/c1-6-10-11-12-13-14-15-25-24-16-17-28(34-5)32(37-9-4)27(24)22-33-19-18-23-20-29(35-7-2)30(36-8-3)21-26(23)31(25)33/h16-17,20-22H,6-15,18-19H2,1-5H3/q+1. The average Bonchev–Trinajstić information content (AvgIpc) is 2.91. The summed E-state index contributed by atoms with van der Waals surface area (Å²) in [6.45, 7) is 11.1. The van der Waals surface area contributed by atoms with Gasteiger partial charge in [0.2, 0.25) is 5.69 Å². The second-order valence-corrected chi connectivity index (χ2v) is 9.73. The van der Waals surface area contributed by atoms with E-state index in [1.165, 1.54) is 66.3 Å². The van der Waals surface area contributed by atoms with Crippen LogP contribution in [0.2, 0.25) is 0 Å². The third-order valence-electron chi connectivity index (χ3n) is 7.28. The van der Waals surface area contributed by atoms with Crippen molar-refractivity contribution in [3.8, 4) is 34.3 Å². The average molecular weight is 507 g/mol. The highest BCUT2D eigenvalue weighted by molar-refractivity contribution is 5.95. The summed E-state index contributed by atoms with van der Waals surface area (Å²) in [5.41, 5.74) is 5.28. The van der Waals surface area contributed by atoms with Crippen LogP contribution in [0.25, 0.3) is 22.0 Å². The molecule has 200 valence electrons. The van der Waals surface area contributed by atoms with Crippen molar-refractivity contribution >= 4 is 10.8 Å². The van der Waals surface area contributed by atoms with E-state index in [2.05, 4.69) is 42.0 Å². The van der Waals surface area contributed by atoms with Gasteiger partial charge in [-0.3, -0.25) is 0 Å². The maximum Gasteiger partial charge on any atom is 0.216 e. The van der Waals surface area contributed by atoms with Gasteiger partial charge < -0.3 is 18.9 Å². The van der Waals surface area contributed by atoms with Gasteiger partial charge in [-0.2, -0.15) is 4.57 Å². The topological polar surface area (TPSA) is 40.8 Å². The molecule has 0 amide bonds. The van der Waals surface area contributed by atoms with E-state index in [4.69, 9.17) is 18.9 Å². The van der Waals surface area contributed by atoms with Crippen LogP contribution in [0.5, 0.6) is 23.0 Å². The van der Waals surface area contributed by atoms with Crippen molar-refractivity contribution in [2.24, 2.45) is 0 Å². The molecule has 0 radical (unpaired) electrons. The predicted octanol–water partition coefficient (Wildman–Crippen LogP) is 7.46. The second-order valence-electron chi connectivity index (χ2n) is 9.73. The summed E-state index contributed by atoms with van der Waals surface area (Å²) in [4.78, 5) is 0. The summed E-state index contributed by atoms with van der Waals surface area (Å²) in [7, 11) is 1.72. The molecular weight excluding hydrogens is 462 g/mol. The highest BCUT2D eigenvalue weighted by Crippen LogP contribution is 2.43. The number of methoxy groups -OCH3 is 1. The van der Waals surface area contributed by atoms with E-state index in [1.54, 1.807) is 7.11 Å². The van der Waals surface area contributed by atoms with Crippen LogP contribution < -0.4 is 23.5 Å². The second kappa shape index (κ2) is 13.0. The highest BCUT2D eigenvalue weighted by Gasteiger charge is 2.31. The van der Waals surface area contributed by atoms with Gasteiger partial charge in [0.1, 0.15) is 0 Å². The maximum absolute atomic E-state index is 6.15. The first-order valence-electron chi connectivity index (χ1n) is 14.3. The first kappa shape index (κ1) is 27.1. The first-order valence-corrected chi connectivity index (χ1v) is 14.3. The number of ether oxygens (including phenoxy) is 4. The molecule has 2 aromatic carbocycles. The molecular formula is C32H44NO4+. The number of aryl methyl sites for hydroxylation is 3. The van der Waals surface area contributed by atoms with Crippen LogP contribution in [0.15, 0.2) is 30.5 Å².